The largest absolute Gasteiger partial charge is 0.488 e. The van der Waals surface area contributed by atoms with Crippen molar-refractivity contribution in [3.63, 3.8) is 0 Å². The lowest BCUT2D eigenvalue weighted by Gasteiger charge is -2.10. The van der Waals surface area contributed by atoms with Crippen LogP contribution in [-0.4, -0.2) is 9.97 Å². The van der Waals surface area contributed by atoms with Crippen molar-refractivity contribution in [3.05, 3.63) is 93.9 Å². The van der Waals surface area contributed by atoms with E-state index in [0.29, 0.717) is 27.4 Å². The summed E-state index contributed by atoms with van der Waals surface area (Å²) in [5.41, 5.74) is 3.62. The van der Waals surface area contributed by atoms with Crippen molar-refractivity contribution in [1.82, 2.24) is 9.97 Å². The van der Waals surface area contributed by atoms with Gasteiger partial charge < -0.3 is 9.72 Å². The molecule has 0 atom stereocenters. The Balaban J connectivity index is 1.55. The molecule has 0 radical (unpaired) electrons. The van der Waals surface area contributed by atoms with E-state index in [1.807, 2.05) is 78.9 Å². The van der Waals surface area contributed by atoms with Crippen LogP contribution < -0.4 is 4.74 Å². The highest BCUT2D eigenvalue weighted by molar-refractivity contribution is 8.03. The second-order valence-electron chi connectivity index (χ2n) is 6.24. The van der Waals surface area contributed by atoms with Gasteiger partial charge >= 0.3 is 0 Å². The number of para-hydroxylation sites is 3. The SMILES string of the molecule is N#C/C(=C/c1ccccc1OCc1cccc(Cl)c1)Sc1nc2ccccc2[nH]1. The average Bonchev–Trinajstić information content (AvgIpc) is 3.15. The predicted molar refractivity (Wildman–Crippen MR) is 118 cm³/mol. The van der Waals surface area contributed by atoms with Gasteiger partial charge in [-0.3, -0.25) is 0 Å². The minimum atomic E-state index is 0.393. The van der Waals surface area contributed by atoms with Crippen LogP contribution in [-0.2, 0) is 6.61 Å². The first-order chi connectivity index (χ1) is 14.2. The molecule has 29 heavy (non-hydrogen) atoms. The molecule has 4 rings (SSSR count). The van der Waals surface area contributed by atoms with Crippen molar-refractivity contribution in [2.24, 2.45) is 0 Å². The summed E-state index contributed by atoms with van der Waals surface area (Å²) in [7, 11) is 0. The zero-order valence-corrected chi connectivity index (χ0v) is 16.9. The molecule has 6 heteroatoms. The highest BCUT2D eigenvalue weighted by Crippen LogP contribution is 2.30. The molecule has 1 aromatic heterocycles. The summed E-state index contributed by atoms with van der Waals surface area (Å²) in [5, 5.41) is 11.0. The number of H-pyrrole nitrogens is 1. The van der Waals surface area contributed by atoms with Crippen LogP contribution in [0, 0.1) is 11.3 Å². The van der Waals surface area contributed by atoms with E-state index >= 15 is 0 Å². The number of fused-ring (bicyclic) bond motifs is 1. The summed E-state index contributed by atoms with van der Waals surface area (Å²) in [6.45, 7) is 0.393. The second-order valence-corrected chi connectivity index (χ2v) is 7.71. The number of benzene rings is 3. The summed E-state index contributed by atoms with van der Waals surface area (Å²) in [5.74, 6) is 0.699. The molecule has 0 aliphatic carbocycles. The number of nitriles is 1. The fourth-order valence-corrected chi connectivity index (χ4v) is 3.78. The van der Waals surface area contributed by atoms with Crippen LogP contribution >= 0.6 is 23.4 Å². The maximum Gasteiger partial charge on any atom is 0.171 e. The number of imidazole rings is 1. The average molecular weight is 418 g/mol. The Morgan fingerprint density at radius 1 is 1.10 bits per heavy atom. The lowest BCUT2D eigenvalue weighted by Crippen LogP contribution is -1.97. The zero-order valence-electron chi connectivity index (χ0n) is 15.3. The Kier molecular flexibility index (Phi) is 5.85. The number of aromatic amines is 1. The monoisotopic (exact) mass is 417 g/mol. The van der Waals surface area contributed by atoms with E-state index in [-0.39, 0.29) is 0 Å². The third kappa shape index (κ3) is 4.80. The van der Waals surface area contributed by atoms with Gasteiger partial charge in [-0.2, -0.15) is 5.26 Å². The Morgan fingerprint density at radius 2 is 1.93 bits per heavy atom. The van der Waals surface area contributed by atoms with Gasteiger partial charge in [0.25, 0.3) is 0 Å². The number of halogens is 1. The minimum Gasteiger partial charge on any atom is -0.488 e. The van der Waals surface area contributed by atoms with E-state index in [9.17, 15) is 5.26 Å². The molecule has 0 aliphatic heterocycles. The third-order valence-corrected chi connectivity index (χ3v) is 5.22. The normalized spacial score (nSPS) is 11.4. The van der Waals surface area contributed by atoms with Gasteiger partial charge in [0.1, 0.15) is 18.4 Å². The molecular weight excluding hydrogens is 402 g/mol. The first kappa shape index (κ1) is 19.1. The Labute approximate surface area is 177 Å². The van der Waals surface area contributed by atoms with Crippen LogP contribution in [0.15, 0.2) is 82.9 Å². The van der Waals surface area contributed by atoms with Crippen LogP contribution in [0.3, 0.4) is 0 Å². The molecule has 0 unspecified atom stereocenters. The van der Waals surface area contributed by atoms with Crippen LogP contribution in [0.4, 0.5) is 0 Å². The number of rotatable bonds is 6. The topological polar surface area (TPSA) is 61.7 Å². The number of hydrogen-bond acceptors (Lipinski definition) is 4. The maximum absolute atomic E-state index is 9.62. The lowest BCUT2D eigenvalue weighted by atomic mass is 10.2. The first-order valence-electron chi connectivity index (χ1n) is 8.92. The molecule has 0 saturated carbocycles. The molecule has 142 valence electrons. The fraction of sp³-hybridized carbons (Fsp3) is 0.0435. The summed E-state index contributed by atoms with van der Waals surface area (Å²) < 4.78 is 5.98. The highest BCUT2D eigenvalue weighted by atomic mass is 35.5. The highest BCUT2D eigenvalue weighted by Gasteiger charge is 2.08. The maximum atomic E-state index is 9.62. The molecule has 0 aliphatic rings. The van der Waals surface area contributed by atoms with Gasteiger partial charge in [0.15, 0.2) is 5.16 Å². The predicted octanol–water partition coefficient (Wildman–Crippen LogP) is 6.45. The van der Waals surface area contributed by atoms with Gasteiger partial charge in [-0.25, -0.2) is 4.98 Å². The Morgan fingerprint density at radius 3 is 2.76 bits per heavy atom. The van der Waals surface area contributed by atoms with Gasteiger partial charge in [0.2, 0.25) is 0 Å². The number of aromatic nitrogens is 2. The van der Waals surface area contributed by atoms with Gasteiger partial charge in [0, 0.05) is 10.6 Å². The number of nitrogens with zero attached hydrogens (tertiary/aromatic N) is 2. The van der Waals surface area contributed by atoms with E-state index in [1.54, 1.807) is 0 Å². The van der Waals surface area contributed by atoms with Gasteiger partial charge in [-0.15, -0.1) is 0 Å². The van der Waals surface area contributed by atoms with E-state index in [4.69, 9.17) is 16.3 Å². The molecule has 1 N–H and O–H groups in total. The molecule has 4 nitrogen and oxygen atoms in total. The molecule has 0 fully saturated rings. The van der Waals surface area contributed by atoms with E-state index < -0.39 is 0 Å². The quantitative estimate of drug-likeness (QED) is 0.289. The lowest BCUT2D eigenvalue weighted by molar-refractivity contribution is 0.305. The fourth-order valence-electron chi connectivity index (χ4n) is 2.83. The van der Waals surface area contributed by atoms with Gasteiger partial charge in [-0.1, -0.05) is 54.1 Å². The summed E-state index contributed by atoms with van der Waals surface area (Å²) in [4.78, 5) is 8.27. The van der Waals surface area contributed by atoms with Crippen molar-refractivity contribution in [3.8, 4) is 11.8 Å². The molecule has 3 aromatic carbocycles. The van der Waals surface area contributed by atoms with Crippen molar-refractivity contribution >= 4 is 40.5 Å². The molecule has 0 spiro atoms. The molecular formula is C23H16ClN3OS. The first-order valence-corrected chi connectivity index (χ1v) is 10.1. The molecule has 1 heterocycles. The third-order valence-electron chi connectivity index (χ3n) is 4.17. The van der Waals surface area contributed by atoms with Crippen LogP contribution in [0.2, 0.25) is 5.02 Å². The number of allylic oxidation sites excluding steroid dienone is 1. The molecule has 0 amide bonds. The van der Waals surface area contributed by atoms with E-state index in [2.05, 4.69) is 16.0 Å². The number of thioether (sulfide) groups is 1. The van der Waals surface area contributed by atoms with Crippen LogP contribution in [0.1, 0.15) is 11.1 Å². The van der Waals surface area contributed by atoms with Crippen molar-refractivity contribution in [2.45, 2.75) is 11.8 Å². The summed E-state index contributed by atoms with van der Waals surface area (Å²) >= 11 is 7.33. The summed E-state index contributed by atoms with van der Waals surface area (Å²) in [6, 6.07) is 25.2. The smallest absolute Gasteiger partial charge is 0.171 e. The van der Waals surface area contributed by atoms with Crippen LogP contribution in [0.5, 0.6) is 5.75 Å². The van der Waals surface area contributed by atoms with Gasteiger partial charge in [0.05, 0.1) is 15.9 Å². The number of ether oxygens (including phenoxy) is 1. The standard InChI is InChI=1S/C23H16ClN3OS/c24-18-8-5-6-16(12-18)15-28-22-11-4-1-7-17(22)13-19(14-25)29-23-26-20-9-2-3-10-21(20)27-23/h1-13H,15H2,(H,26,27)/b19-13-. The van der Waals surface area contributed by atoms with Crippen LogP contribution in [0.25, 0.3) is 17.1 Å². The van der Waals surface area contributed by atoms with E-state index in [1.165, 1.54) is 11.8 Å². The number of hydrogen-bond donors (Lipinski definition) is 1. The number of nitrogens with one attached hydrogen (secondary N) is 1. The Bertz CT molecular complexity index is 1190. The van der Waals surface area contributed by atoms with Crippen molar-refractivity contribution in [1.29, 1.82) is 5.26 Å². The van der Waals surface area contributed by atoms with Crippen molar-refractivity contribution in [2.75, 3.05) is 0 Å². The molecule has 0 bridgehead atoms. The zero-order chi connectivity index (χ0) is 20.1. The Hall–Kier alpha value is -3.20. The van der Waals surface area contributed by atoms with E-state index in [0.717, 1.165) is 22.2 Å². The molecule has 0 saturated heterocycles. The van der Waals surface area contributed by atoms with Crippen molar-refractivity contribution < 1.29 is 4.74 Å². The van der Waals surface area contributed by atoms with Gasteiger partial charge in [-0.05, 0) is 53.7 Å². The second kappa shape index (κ2) is 8.87. The minimum absolute atomic E-state index is 0.393. The summed E-state index contributed by atoms with van der Waals surface area (Å²) in [6.07, 6.45) is 1.81. The molecule has 4 aromatic rings.